The van der Waals surface area contributed by atoms with Crippen molar-refractivity contribution in [1.29, 1.82) is 0 Å². The Balaban J connectivity index is 1.99. The highest BCUT2D eigenvalue weighted by Crippen LogP contribution is 2.29. The van der Waals surface area contributed by atoms with Crippen LogP contribution >= 0.6 is 11.3 Å². The molecule has 0 saturated carbocycles. The number of phenols is 1. The monoisotopic (exact) mass is 257 g/mol. The highest BCUT2D eigenvalue weighted by molar-refractivity contribution is 7.13. The molecule has 2 heterocycles. The minimum Gasteiger partial charge on any atom is -0.508 e. The van der Waals surface area contributed by atoms with Crippen molar-refractivity contribution >= 4 is 11.3 Å². The van der Waals surface area contributed by atoms with Crippen LogP contribution in [-0.2, 0) is 7.05 Å². The van der Waals surface area contributed by atoms with E-state index in [4.69, 9.17) is 0 Å². The molecular weight excluding hydrogens is 246 g/mol. The van der Waals surface area contributed by atoms with E-state index in [9.17, 15) is 5.11 Å². The van der Waals surface area contributed by atoms with Crippen molar-refractivity contribution in [3.8, 4) is 27.6 Å². The van der Waals surface area contributed by atoms with Gasteiger partial charge in [-0.05, 0) is 12.1 Å². The van der Waals surface area contributed by atoms with Crippen LogP contribution in [0.3, 0.4) is 0 Å². The summed E-state index contributed by atoms with van der Waals surface area (Å²) in [4.78, 5) is 4.56. The first-order chi connectivity index (χ1) is 8.72. The van der Waals surface area contributed by atoms with Gasteiger partial charge in [-0.3, -0.25) is 4.68 Å². The molecule has 0 amide bonds. The summed E-state index contributed by atoms with van der Waals surface area (Å²) >= 11 is 1.56. The van der Waals surface area contributed by atoms with E-state index in [0.29, 0.717) is 0 Å². The summed E-state index contributed by atoms with van der Waals surface area (Å²) in [5.41, 5.74) is 2.83. The third-order valence-electron chi connectivity index (χ3n) is 2.60. The van der Waals surface area contributed by atoms with Crippen molar-refractivity contribution in [3.63, 3.8) is 0 Å². The first-order valence-corrected chi connectivity index (χ1v) is 6.34. The Morgan fingerprint density at radius 1 is 1.28 bits per heavy atom. The molecule has 0 fully saturated rings. The number of aryl methyl sites for hydroxylation is 1. The van der Waals surface area contributed by atoms with Crippen LogP contribution in [0.5, 0.6) is 5.75 Å². The summed E-state index contributed by atoms with van der Waals surface area (Å²) in [5, 5.41) is 16.5. The number of benzene rings is 1. The van der Waals surface area contributed by atoms with Crippen LogP contribution in [0.2, 0.25) is 0 Å². The molecule has 0 aliphatic heterocycles. The quantitative estimate of drug-likeness (QED) is 0.768. The Morgan fingerprint density at radius 3 is 2.89 bits per heavy atom. The highest BCUT2D eigenvalue weighted by Gasteiger charge is 2.08. The van der Waals surface area contributed by atoms with Crippen LogP contribution in [0.15, 0.2) is 42.0 Å². The molecule has 0 aliphatic rings. The Hall–Kier alpha value is -2.14. The third kappa shape index (κ3) is 2.00. The van der Waals surface area contributed by atoms with E-state index in [1.165, 1.54) is 0 Å². The lowest BCUT2D eigenvalue weighted by atomic mass is 10.2. The lowest BCUT2D eigenvalue weighted by molar-refractivity contribution is 0.475. The van der Waals surface area contributed by atoms with Gasteiger partial charge in [0.1, 0.15) is 10.8 Å². The van der Waals surface area contributed by atoms with Gasteiger partial charge in [0.25, 0.3) is 0 Å². The fourth-order valence-corrected chi connectivity index (χ4v) is 2.56. The number of hydrogen-bond donors (Lipinski definition) is 1. The first-order valence-electron chi connectivity index (χ1n) is 5.46. The zero-order valence-corrected chi connectivity index (χ0v) is 10.6. The van der Waals surface area contributed by atoms with Crippen molar-refractivity contribution < 1.29 is 5.11 Å². The van der Waals surface area contributed by atoms with Crippen molar-refractivity contribution in [1.82, 2.24) is 14.8 Å². The summed E-state index contributed by atoms with van der Waals surface area (Å²) in [6.07, 6.45) is 3.72. The summed E-state index contributed by atoms with van der Waals surface area (Å²) in [6.45, 7) is 0. The molecule has 0 radical (unpaired) electrons. The summed E-state index contributed by atoms with van der Waals surface area (Å²) in [6, 6.07) is 7.12. The van der Waals surface area contributed by atoms with Gasteiger partial charge in [-0.25, -0.2) is 4.98 Å². The minimum atomic E-state index is 0.255. The molecule has 0 aliphatic carbocycles. The van der Waals surface area contributed by atoms with Gasteiger partial charge in [0.15, 0.2) is 0 Å². The smallest absolute Gasteiger partial charge is 0.124 e. The molecule has 18 heavy (non-hydrogen) atoms. The lowest BCUT2D eigenvalue weighted by Gasteiger charge is -1.96. The molecule has 5 heteroatoms. The molecule has 0 bridgehead atoms. The summed E-state index contributed by atoms with van der Waals surface area (Å²) in [7, 11) is 1.88. The van der Waals surface area contributed by atoms with Crippen LogP contribution in [0, 0.1) is 0 Å². The Morgan fingerprint density at radius 2 is 2.17 bits per heavy atom. The topological polar surface area (TPSA) is 50.9 Å². The van der Waals surface area contributed by atoms with Crippen LogP contribution in [0.1, 0.15) is 0 Å². The SMILES string of the molecule is Cn1cc(-c2csc(-c3cccc(O)c3)n2)cn1. The number of nitrogens with zero attached hydrogens (tertiary/aromatic N) is 3. The highest BCUT2D eigenvalue weighted by atomic mass is 32.1. The predicted octanol–water partition coefficient (Wildman–Crippen LogP) is 2.92. The van der Waals surface area contributed by atoms with Crippen LogP contribution in [0.4, 0.5) is 0 Å². The average molecular weight is 257 g/mol. The molecule has 0 saturated heterocycles. The standard InChI is InChI=1S/C13H11N3OS/c1-16-7-10(6-14-16)12-8-18-13(15-12)9-3-2-4-11(17)5-9/h2-8,17H,1H3. The molecule has 3 rings (SSSR count). The fourth-order valence-electron chi connectivity index (χ4n) is 1.73. The third-order valence-corrected chi connectivity index (χ3v) is 3.49. The van der Waals surface area contributed by atoms with Crippen LogP contribution in [0.25, 0.3) is 21.8 Å². The summed E-state index contributed by atoms with van der Waals surface area (Å²) < 4.78 is 1.75. The number of thiazole rings is 1. The Labute approximate surface area is 108 Å². The zero-order valence-electron chi connectivity index (χ0n) is 9.74. The summed E-state index contributed by atoms with van der Waals surface area (Å²) in [5.74, 6) is 0.255. The zero-order chi connectivity index (χ0) is 12.5. The molecule has 4 nitrogen and oxygen atoms in total. The van der Waals surface area contributed by atoms with Crippen molar-refractivity contribution in [2.45, 2.75) is 0 Å². The molecule has 1 N–H and O–H groups in total. The van der Waals surface area contributed by atoms with Gasteiger partial charge in [0, 0.05) is 29.8 Å². The van der Waals surface area contributed by atoms with E-state index in [2.05, 4.69) is 10.1 Å². The molecule has 0 spiro atoms. The predicted molar refractivity (Wildman–Crippen MR) is 71.4 cm³/mol. The number of hydrogen-bond acceptors (Lipinski definition) is 4. The van der Waals surface area contributed by atoms with E-state index in [1.807, 2.05) is 30.8 Å². The molecule has 0 atom stereocenters. The number of aromatic nitrogens is 3. The molecular formula is C13H11N3OS. The molecule has 90 valence electrons. The van der Waals surface area contributed by atoms with E-state index >= 15 is 0 Å². The number of aromatic hydroxyl groups is 1. The van der Waals surface area contributed by atoms with Gasteiger partial charge in [-0.1, -0.05) is 12.1 Å². The maximum atomic E-state index is 9.47. The molecule has 0 unspecified atom stereocenters. The molecule has 1 aromatic carbocycles. The van der Waals surface area contributed by atoms with Crippen molar-refractivity contribution in [3.05, 3.63) is 42.0 Å². The van der Waals surface area contributed by atoms with Crippen LogP contribution in [-0.4, -0.2) is 19.9 Å². The van der Waals surface area contributed by atoms with Gasteiger partial charge in [0.2, 0.25) is 0 Å². The maximum Gasteiger partial charge on any atom is 0.124 e. The van der Waals surface area contributed by atoms with Crippen molar-refractivity contribution in [2.24, 2.45) is 7.05 Å². The second-order valence-corrected chi connectivity index (χ2v) is 4.85. The Bertz CT molecular complexity index is 687. The second kappa shape index (κ2) is 4.27. The van der Waals surface area contributed by atoms with E-state index in [1.54, 1.807) is 34.3 Å². The van der Waals surface area contributed by atoms with Gasteiger partial charge < -0.3 is 5.11 Å². The molecule has 3 aromatic rings. The number of rotatable bonds is 2. The van der Waals surface area contributed by atoms with Gasteiger partial charge in [-0.2, -0.15) is 5.10 Å². The first kappa shape index (κ1) is 11.0. The lowest BCUT2D eigenvalue weighted by Crippen LogP contribution is -1.84. The second-order valence-electron chi connectivity index (χ2n) is 3.99. The van der Waals surface area contributed by atoms with E-state index in [-0.39, 0.29) is 5.75 Å². The Kier molecular flexibility index (Phi) is 2.60. The van der Waals surface area contributed by atoms with Crippen molar-refractivity contribution in [2.75, 3.05) is 0 Å². The largest absolute Gasteiger partial charge is 0.508 e. The minimum absolute atomic E-state index is 0.255. The fraction of sp³-hybridized carbons (Fsp3) is 0.0769. The van der Waals surface area contributed by atoms with Crippen LogP contribution < -0.4 is 0 Å². The van der Waals surface area contributed by atoms with E-state index < -0.39 is 0 Å². The van der Waals surface area contributed by atoms with Gasteiger partial charge >= 0.3 is 0 Å². The molecule has 2 aromatic heterocycles. The van der Waals surface area contributed by atoms with Gasteiger partial charge in [-0.15, -0.1) is 11.3 Å². The van der Waals surface area contributed by atoms with E-state index in [0.717, 1.165) is 21.8 Å². The normalized spacial score (nSPS) is 10.7. The number of phenolic OH excluding ortho intramolecular Hbond substituents is 1. The van der Waals surface area contributed by atoms with Gasteiger partial charge in [0.05, 0.1) is 11.9 Å². The average Bonchev–Trinajstić information content (AvgIpc) is 2.97. The maximum absolute atomic E-state index is 9.47.